The Labute approximate surface area is 187 Å². The third kappa shape index (κ3) is 4.85. The number of hydrogen-bond donors (Lipinski definition) is 0. The second-order valence-electron chi connectivity index (χ2n) is 8.02. The van der Waals surface area contributed by atoms with Crippen molar-refractivity contribution >= 4 is 11.8 Å². The van der Waals surface area contributed by atoms with Crippen molar-refractivity contribution in [2.45, 2.75) is 13.3 Å². The van der Waals surface area contributed by atoms with Crippen LogP contribution in [0.4, 0.5) is 4.39 Å². The molecule has 6 heteroatoms. The average Bonchev–Trinajstić information content (AvgIpc) is 2.98. The predicted molar refractivity (Wildman–Crippen MR) is 121 cm³/mol. The van der Waals surface area contributed by atoms with E-state index >= 15 is 0 Å². The van der Waals surface area contributed by atoms with E-state index in [-0.39, 0.29) is 17.7 Å². The van der Waals surface area contributed by atoms with Crippen molar-refractivity contribution < 1.29 is 14.0 Å². The van der Waals surface area contributed by atoms with E-state index in [2.05, 4.69) is 11.1 Å². The fourth-order valence-corrected chi connectivity index (χ4v) is 4.20. The minimum Gasteiger partial charge on any atom is -0.341 e. The molecule has 5 nitrogen and oxygen atoms in total. The molecule has 0 spiro atoms. The summed E-state index contributed by atoms with van der Waals surface area (Å²) in [5, 5.41) is 0. The first-order chi connectivity index (χ1) is 15.5. The van der Waals surface area contributed by atoms with Gasteiger partial charge in [-0.05, 0) is 54.3 Å². The summed E-state index contributed by atoms with van der Waals surface area (Å²) in [6, 6.07) is 17.7. The van der Waals surface area contributed by atoms with Gasteiger partial charge in [-0.15, -0.1) is 0 Å². The number of benzene rings is 2. The first-order valence-electron chi connectivity index (χ1n) is 10.9. The van der Waals surface area contributed by atoms with E-state index in [4.69, 9.17) is 0 Å². The van der Waals surface area contributed by atoms with Crippen molar-refractivity contribution in [3.63, 3.8) is 0 Å². The lowest BCUT2D eigenvalue weighted by Crippen LogP contribution is -2.38. The molecule has 0 bridgehead atoms. The van der Waals surface area contributed by atoms with Gasteiger partial charge in [0.05, 0.1) is 5.92 Å². The summed E-state index contributed by atoms with van der Waals surface area (Å²) in [5.74, 6) is -1.00. The van der Waals surface area contributed by atoms with Gasteiger partial charge in [-0.1, -0.05) is 36.4 Å². The molecule has 1 aliphatic heterocycles. The first-order valence-corrected chi connectivity index (χ1v) is 10.9. The maximum atomic E-state index is 13.7. The Hall–Kier alpha value is -3.54. The second-order valence-corrected chi connectivity index (χ2v) is 8.02. The molecule has 1 fully saturated rings. The number of aromatic nitrogens is 1. The van der Waals surface area contributed by atoms with E-state index in [1.807, 2.05) is 43.5 Å². The van der Waals surface area contributed by atoms with Gasteiger partial charge in [0, 0.05) is 44.1 Å². The van der Waals surface area contributed by atoms with Crippen LogP contribution in [-0.2, 0) is 11.2 Å². The Morgan fingerprint density at radius 1 is 1.06 bits per heavy atom. The van der Waals surface area contributed by atoms with E-state index in [0.29, 0.717) is 38.2 Å². The van der Waals surface area contributed by atoms with Crippen LogP contribution >= 0.6 is 0 Å². The molecule has 2 heterocycles. The molecule has 2 aromatic carbocycles. The Morgan fingerprint density at radius 3 is 2.62 bits per heavy atom. The summed E-state index contributed by atoms with van der Waals surface area (Å²) in [5.41, 5.74) is 3.39. The first kappa shape index (κ1) is 21.7. The van der Waals surface area contributed by atoms with E-state index in [0.717, 1.165) is 16.7 Å². The Balaban J connectivity index is 1.58. The lowest BCUT2D eigenvalue weighted by atomic mass is 9.95. The normalized spacial score (nSPS) is 16.7. The van der Waals surface area contributed by atoms with Crippen LogP contribution in [-0.4, -0.2) is 52.8 Å². The van der Waals surface area contributed by atoms with Gasteiger partial charge >= 0.3 is 0 Å². The lowest BCUT2D eigenvalue weighted by molar-refractivity contribution is -0.134. The molecule has 3 aromatic rings. The van der Waals surface area contributed by atoms with Gasteiger partial charge in [-0.25, -0.2) is 4.39 Å². The lowest BCUT2D eigenvalue weighted by Gasteiger charge is -2.24. The molecule has 1 aliphatic rings. The Morgan fingerprint density at radius 2 is 1.88 bits per heavy atom. The standard InChI is InChI=1S/C26H26FN3O2/c1-2-29-12-13-30(25(31)21-8-4-10-24(27)16-21)18-23(26(29)32)15-19-6-3-7-20(14-19)22-9-5-11-28-17-22/h3-11,14,16-17,23H,2,12-13,15,18H2,1H3. The zero-order chi connectivity index (χ0) is 22.5. The van der Waals surface area contributed by atoms with Crippen molar-refractivity contribution in [2.24, 2.45) is 5.92 Å². The summed E-state index contributed by atoms with van der Waals surface area (Å²) < 4.78 is 13.7. The number of likely N-dealkylation sites (N-methyl/N-ethyl adjacent to an activating group) is 1. The molecule has 1 atom stereocenters. The maximum Gasteiger partial charge on any atom is 0.254 e. The van der Waals surface area contributed by atoms with Crippen molar-refractivity contribution in [3.05, 3.63) is 90.0 Å². The van der Waals surface area contributed by atoms with E-state index < -0.39 is 5.82 Å². The van der Waals surface area contributed by atoms with Gasteiger partial charge in [0.25, 0.3) is 5.91 Å². The fourth-order valence-electron chi connectivity index (χ4n) is 4.20. The number of halogens is 1. The number of hydrogen-bond acceptors (Lipinski definition) is 3. The smallest absolute Gasteiger partial charge is 0.254 e. The summed E-state index contributed by atoms with van der Waals surface area (Å²) in [6.45, 7) is 3.75. The van der Waals surface area contributed by atoms with Gasteiger partial charge in [0.15, 0.2) is 0 Å². The van der Waals surface area contributed by atoms with Crippen LogP contribution in [0.15, 0.2) is 73.1 Å². The number of nitrogens with zero attached hydrogens (tertiary/aromatic N) is 3. The quantitative estimate of drug-likeness (QED) is 0.612. The number of carbonyl (C=O) groups excluding carboxylic acids is 2. The maximum absolute atomic E-state index is 13.7. The van der Waals surface area contributed by atoms with Gasteiger partial charge < -0.3 is 9.80 Å². The van der Waals surface area contributed by atoms with Crippen molar-refractivity contribution in [3.8, 4) is 11.1 Å². The molecule has 0 saturated carbocycles. The predicted octanol–water partition coefficient (Wildman–Crippen LogP) is 4.05. The van der Waals surface area contributed by atoms with Crippen LogP contribution in [0.25, 0.3) is 11.1 Å². The number of amides is 2. The van der Waals surface area contributed by atoms with Gasteiger partial charge in [0.2, 0.25) is 5.91 Å². The van der Waals surface area contributed by atoms with Gasteiger partial charge in [-0.3, -0.25) is 14.6 Å². The highest BCUT2D eigenvalue weighted by molar-refractivity contribution is 5.95. The summed E-state index contributed by atoms with van der Waals surface area (Å²) in [6.07, 6.45) is 4.07. The summed E-state index contributed by atoms with van der Waals surface area (Å²) >= 11 is 0. The molecule has 2 amide bonds. The average molecular weight is 432 g/mol. The molecule has 1 saturated heterocycles. The minimum absolute atomic E-state index is 0.0498. The molecule has 0 aliphatic carbocycles. The third-order valence-corrected chi connectivity index (χ3v) is 5.89. The van der Waals surface area contributed by atoms with E-state index in [1.54, 1.807) is 22.1 Å². The Kier molecular flexibility index (Phi) is 6.59. The second kappa shape index (κ2) is 9.73. The van der Waals surface area contributed by atoms with Crippen molar-refractivity contribution in [1.82, 2.24) is 14.8 Å². The minimum atomic E-state index is -0.444. The highest BCUT2D eigenvalue weighted by Gasteiger charge is 2.32. The third-order valence-electron chi connectivity index (χ3n) is 5.89. The van der Waals surface area contributed by atoms with Crippen LogP contribution in [0, 0.1) is 11.7 Å². The molecule has 164 valence electrons. The highest BCUT2D eigenvalue weighted by atomic mass is 19.1. The molecule has 0 N–H and O–H groups in total. The monoisotopic (exact) mass is 431 g/mol. The highest BCUT2D eigenvalue weighted by Crippen LogP contribution is 2.23. The molecule has 4 rings (SSSR count). The molecular formula is C26H26FN3O2. The fraction of sp³-hybridized carbons (Fsp3) is 0.269. The SMILES string of the molecule is CCN1CCN(C(=O)c2cccc(F)c2)CC(Cc2cccc(-c3cccnc3)c2)C1=O. The van der Waals surface area contributed by atoms with E-state index in [9.17, 15) is 14.0 Å². The van der Waals surface area contributed by atoms with Crippen LogP contribution in [0.2, 0.25) is 0 Å². The number of carbonyl (C=O) groups is 2. The molecule has 0 radical (unpaired) electrons. The van der Waals surface area contributed by atoms with Crippen molar-refractivity contribution in [2.75, 3.05) is 26.2 Å². The van der Waals surface area contributed by atoms with E-state index in [1.165, 1.54) is 18.2 Å². The molecule has 32 heavy (non-hydrogen) atoms. The summed E-state index contributed by atoms with van der Waals surface area (Å²) in [4.78, 5) is 33.9. The van der Waals surface area contributed by atoms with Crippen molar-refractivity contribution in [1.29, 1.82) is 0 Å². The molecular weight excluding hydrogens is 405 g/mol. The number of rotatable bonds is 5. The molecule has 1 unspecified atom stereocenters. The topological polar surface area (TPSA) is 53.5 Å². The zero-order valence-corrected chi connectivity index (χ0v) is 18.1. The van der Waals surface area contributed by atoms with Gasteiger partial charge in [0.1, 0.15) is 5.82 Å². The zero-order valence-electron chi connectivity index (χ0n) is 18.1. The van der Waals surface area contributed by atoms with Crippen LogP contribution in [0.5, 0.6) is 0 Å². The van der Waals surface area contributed by atoms with Crippen LogP contribution in [0.3, 0.4) is 0 Å². The Bertz CT molecular complexity index is 1100. The van der Waals surface area contributed by atoms with Gasteiger partial charge in [-0.2, -0.15) is 0 Å². The molecule has 1 aromatic heterocycles. The largest absolute Gasteiger partial charge is 0.341 e. The van der Waals surface area contributed by atoms with Crippen LogP contribution < -0.4 is 0 Å². The summed E-state index contributed by atoms with van der Waals surface area (Å²) in [7, 11) is 0. The number of pyridine rings is 1. The van der Waals surface area contributed by atoms with Crippen LogP contribution in [0.1, 0.15) is 22.8 Å².